The van der Waals surface area contributed by atoms with Crippen molar-refractivity contribution in [1.29, 1.82) is 0 Å². The van der Waals surface area contributed by atoms with Gasteiger partial charge in [0.15, 0.2) is 0 Å². The summed E-state index contributed by atoms with van der Waals surface area (Å²) in [7, 11) is -3.75. The van der Waals surface area contributed by atoms with Gasteiger partial charge in [-0.25, -0.2) is 8.42 Å². The molecule has 0 aromatic heterocycles. The van der Waals surface area contributed by atoms with E-state index in [0.717, 1.165) is 16.5 Å². The third-order valence-electron chi connectivity index (χ3n) is 4.38. The SMILES string of the molecule is Cc1ccc(S(=O)(=O)Nc2ccc3c(c2)NC(=O)C3)c2ccccc12. The summed E-state index contributed by atoms with van der Waals surface area (Å²) in [5, 5.41) is 4.32. The molecular weight excluding hydrogens is 336 g/mol. The summed E-state index contributed by atoms with van der Waals surface area (Å²) in [6.07, 6.45) is 0.324. The number of amides is 1. The van der Waals surface area contributed by atoms with E-state index in [0.29, 0.717) is 23.2 Å². The van der Waals surface area contributed by atoms with E-state index in [9.17, 15) is 13.2 Å². The average molecular weight is 352 g/mol. The van der Waals surface area contributed by atoms with E-state index >= 15 is 0 Å². The number of aryl methyl sites for hydroxylation is 1. The van der Waals surface area contributed by atoms with E-state index in [2.05, 4.69) is 10.0 Å². The molecule has 0 saturated carbocycles. The summed E-state index contributed by atoms with van der Waals surface area (Å²) in [4.78, 5) is 11.7. The number of benzene rings is 3. The Morgan fingerprint density at radius 2 is 1.76 bits per heavy atom. The van der Waals surface area contributed by atoms with Crippen LogP contribution < -0.4 is 10.0 Å². The lowest BCUT2D eigenvalue weighted by Gasteiger charge is -2.12. The van der Waals surface area contributed by atoms with Crippen LogP contribution in [-0.2, 0) is 21.2 Å². The first-order valence-corrected chi connectivity index (χ1v) is 9.36. The molecule has 6 heteroatoms. The highest BCUT2D eigenvalue weighted by Gasteiger charge is 2.21. The molecule has 1 aliphatic heterocycles. The summed E-state index contributed by atoms with van der Waals surface area (Å²) in [6.45, 7) is 1.95. The Balaban J connectivity index is 1.75. The molecule has 25 heavy (non-hydrogen) atoms. The van der Waals surface area contributed by atoms with Gasteiger partial charge in [0.1, 0.15) is 0 Å². The first-order valence-electron chi connectivity index (χ1n) is 7.88. The smallest absolute Gasteiger partial charge is 0.262 e. The molecule has 126 valence electrons. The second-order valence-corrected chi connectivity index (χ2v) is 7.78. The number of carbonyl (C=O) groups excluding carboxylic acids is 1. The highest BCUT2D eigenvalue weighted by Crippen LogP contribution is 2.30. The van der Waals surface area contributed by atoms with Crippen molar-refractivity contribution in [2.45, 2.75) is 18.2 Å². The largest absolute Gasteiger partial charge is 0.325 e. The third-order valence-corrected chi connectivity index (χ3v) is 5.82. The second-order valence-electron chi connectivity index (χ2n) is 6.13. The fourth-order valence-corrected chi connectivity index (χ4v) is 4.41. The number of fused-ring (bicyclic) bond motifs is 2. The lowest BCUT2D eigenvalue weighted by atomic mass is 10.1. The maximum absolute atomic E-state index is 12.9. The van der Waals surface area contributed by atoms with Gasteiger partial charge in [-0.15, -0.1) is 0 Å². The molecule has 0 spiro atoms. The zero-order valence-corrected chi connectivity index (χ0v) is 14.4. The second kappa shape index (κ2) is 5.60. The van der Waals surface area contributed by atoms with Crippen molar-refractivity contribution in [2.24, 2.45) is 0 Å². The molecule has 0 atom stereocenters. The van der Waals surface area contributed by atoms with Gasteiger partial charge in [0.25, 0.3) is 10.0 Å². The van der Waals surface area contributed by atoms with Crippen molar-refractivity contribution in [1.82, 2.24) is 0 Å². The average Bonchev–Trinajstić information content (AvgIpc) is 2.94. The van der Waals surface area contributed by atoms with Crippen LogP contribution in [0.5, 0.6) is 0 Å². The number of hydrogen-bond acceptors (Lipinski definition) is 3. The summed E-state index contributed by atoms with van der Waals surface area (Å²) >= 11 is 0. The molecule has 0 radical (unpaired) electrons. The van der Waals surface area contributed by atoms with Crippen LogP contribution in [0.4, 0.5) is 11.4 Å². The van der Waals surface area contributed by atoms with Crippen LogP contribution in [0.2, 0.25) is 0 Å². The van der Waals surface area contributed by atoms with Gasteiger partial charge in [-0.3, -0.25) is 9.52 Å². The zero-order valence-electron chi connectivity index (χ0n) is 13.5. The normalized spacial score (nSPS) is 13.6. The van der Waals surface area contributed by atoms with Crippen LogP contribution in [0.1, 0.15) is 11.1 Å². The van der Waals surface area contributed by atoms with Crippen molar-refractivity contribution in [3.05, 3.63) is 65.7 Å². The van der Waals surface area contributed by atoms with Gasteiger partial charge in [0.2, 0.25) is 5.91 Å². The first-order chi connectivity index (χ1) is 11.9. The zero-order chi connectivity index (χ0) is 17.6. The Labute approximate surface area is 145 Å². The van der Waals surface area contributed by atoms with Crippen LogP contribution in [0.15, 0.2) is 59.5 Å². The lowest BCUT2D eigenvalue weighted by molar-refractivity contribution is -0.115. The van der Waals surface area contributed by atoms with Gasteiger partial charge < -0.3 is 5.32 Å². The van der Waals surface area contributed by atoms with E-state index in [-0.39, 0.29) is 10.8 Å². The van der Waals surface area contributed by atoms with Crippen molar-refractivity contribution < 1.29 is 13.2 Å². The minimum Gasteiger partial charge on any atom is -0.325 e. The Morgan fingerprint density at radius 1 is 1.00 bits per heavy atom. The Kier molecular flexibility index (Phi) is 3.51. The van der Waals surface area contributed by atoms with Gasteiger partial charge in [-0.1, -0.05) is 36.4 Å². The van der Waals surface area contributed by atoms with Crippen LogP contribution in [0, 0.1) is 6.92 Å². The molecule has 0 bridgehead atoms. The molecule has 3 aromatic carbocycles. The van der Waals surface area contributed by atoms with Crippen LogP contribution in [-0.4, -0.2) is 14.3 Å². The molecule has 0 fully saturated rings. The first kappa shape index (κ1) is 15.7. The van der Waals surface area contributed by atoms with Gasteiger partial charge in [0, 0.05) is 11.1 Å². The van der Waals surface area contributed by atoms with Gasteiger partial charge in [-0.05, 0) is 41.6 Å². The fraction of sp³-hybridized carbons (Fsp3) is 0.105. The number of sulfonamides is 1. The molecule has 0 aliphatic carbocycles. The maximum Gasteiger partial charge on any atom is 0.262 e. The summed E-state index contributed by atoms with van der Waals surface area (Å²) in [6, 6.07) is 15.9. The van der Waals surface area contributed by atoms with E-state index in [1.54, 1.807) is 36.4 Å². The van der Waals surface area contributed by atoms with Gasteiger partial charge >= 0.3 is 0 Å². The summed E-state index contributed by atoms with van der Waals surface area (Å²) in [5.74, 6) is -0.0838. The number of nitrogens with one attached hydrogen (secondary N) is 2. The van der Waals surface area contributed by atoms with Crippen LogP contribution >= 0.6 is 0 Å². The van der Waals surface area contributed by atoms with Crippen molar-refractivity contribution >= 4 is 38.1 Å². The molecule has 3 aromatic rings. The predicted molar refractivity (Wildman–Crippen MR) is 98.3 cm³/mol. The van der Waals surface area contributed by atoms with Gasteiger partial charge in [0.05, 0.1) is 17.0 Å². The number of rotatable bonds is 3. The fourth-order valence-electron chi connectivity index (χ4n) is 3.14. The summed E-state index contributed by atoms with van der Waals surface area (Å²) in [5.41, 5.74) is 2.97. The van der Waals surface area contributed by atoms with E-state index in [4.69, 9.17) is 0 Å². The number of carbonyl (C=O) groups is 1. The van der Waals surface area contributed by atoms with Crippen LogP contribution in [0.25, 0.3) is 10.8 Å². The molecule has 1 heterocycles. The Morgan fingerprint density at radius 3 is 2.56 bits per heavy atom. The van der Waals surface area contributed by atoms with Gasteiger partial charge in [-0.2, -0.15) is 0 Å². The number of anilines is 2. The summed E-state index contributed by atoms with van der Waals surface area (Å²) < 4.78 is 28.4. The quantitative estimate of drug-likeness (QED) is 0.758. The Hall–Kier alpha value is -2.86. The predicted octanol–water partition coefficient (Wildman–Crippen LogP) is 3.44. The topological polar surface area (TPSA) is 75.3 Å². The van der Waals surface area contributed by atoms with E-state index < -0.39 is 10.0 Å². The highest BCUT2D eigenvalue weighted by molar-refractivity contribution is 7.93. The Bertz CT molecular complexity index is 1120. The highest BCUT2D eigenvalue weighted by atomic mass is 32.2. The molecule has 4 rings (SSSR count). The minimum atomic E-state index is -3.75. The number of hydrogen-bond donors (Lipinski definition) is 2. The molecule has 1 amide bonds. The monoisotopic (exact) mass is 352 g/mol. The third kappa shape index (κ3) is 2.74. The maximum atomic E-state index is 12.9. The minimum absolute atomic E-state index is 0.0838. The van der Waals surface area contributed by atoms with E-state index in [1.165, 1.54) is 0 Å². The molecule has 0 saturated heterocycles. The molecular formula is C19H16N2O3S. The standard InChI is InChI=1S/C19H16N2O3S/c1-12-6-9-18(16-5-3-2-4-15(12)16)25(23,24)21-14-8-7-13-10-19(22)20-17(13)11-14/h2-9,11,21H,10H2,1H3,(H,20,22). The molecule has 1 aliphatic rings. The van der Waals surface area contributed by atoms with Crippen molar-refractivity contribution in [3.8, 4) is 0 Å². The van der Waals surface area contributed by atoms with Crippen molar-refractivity contribution in [2.75, 3.05) is 10.0 Å². The van der Waals surface area contributed by atoms with E-state index in [1.807, 2.05) is 25.1 Å². The molecule has 2 N–H and O–H groups in total. The molecule has 5 nitrogen and oxygen atoms in total. The van der Waals surface area contributed by atoms with Crippen LogP contribution in [0.3, 0.4) is 0 Å². The lowest BCUT2D eigenvalue weighted by Crippen LogP contribution is -2.13. The molecule has 0 unspecified atom stereocenters. The van der Waals surface area contributed by atoms with Crippen molar-refractivity contribution in [3.63, 3.8) is 0 Å².